The van der Waals surface area contributed by atoms with Crippen molar-refractivity contribution in [3.63, 3.8) is 0 Å². The van der Waals surface area contributed by atoms with Crippen LogP contribution in [0.3, 0.4) is 0 Å². The van der Waals surface area contributed by atoms with E-state index in [0.717, 1.165) is 61.3 Å². The van der Waals surface area contributed by atoms with Crippen molar-refractivity contribution in [2.45, 2.75) is 51.9 Å². The number of hydrogen-bond acceptors (Lipinski definition) is 3. The molecule has 0 fully saturated rings. The third-order valence-corrected chi connectivity index (χ3v) is 12.8. The molecule has 4 aromatic heterocycles. The van der Waals surface area contributed by atoms with E-state index >= 15 is 0 Å². The number of hydrogen-bond donors (Lipinski definition) is 0. The fraction of sp³-hybridized carbons (Fsp3) is 0.145. The molecule has 0 atom stereocenters. The Kier molecular flexibility index (Phi) is 8.53. The van der Waals surface area contributed by atoms with Crippen LogP contribution >= 0.6 is 0 Å². The Hall–Kier alpha value is -7.31. The molecular weight excluding hydrogens is 745 g/mol. The van der Waals surface area contributed by atoms with Crippen LogP contribution in [0.2, 0.25) is 0 Å². The summed E-state index contributed by atoms with van der Waals surface area (Å²) < 4.78 is 6.72. The first-order chi connectivity index (χ1) is 29.8. The van der Waals surface area contributed by atoms with Crippen LogP contribution in [0, 0.1) is 6.92 Å². The molecule has 61 heavy (non-hydrogen) atoms. The van der Waals surface area contributed by atoms with Crippen molar-refractivity contribution in [1.29, 1.82) is 0 Å². The van der Waals surface area contributed by atoms with Crippen molar-refractivity contribution in [3.8, 4) is 11.6 Å². The van der Waals surface area contributed by atoms with Gasteiger partial charge in [-0.15, -0.1) is 0 Å². The molecule has 0 radical (unpaired) electrons. The van der Waals surface area contributed by atoms with E-state index in [-0.39, 0.29) is 0 Å². The molecule has 0 unspecified atom stereocenters. The zero-order valence-corrected chi connectivity index (χ0v) is 35.1. The molecular formula is C55H46N6. The fourth-order valence-electron chi connectivity index (χ4n) is 10.1. The third kappa shape index (κ3) is 5.51. The van der Waals surface area contributed by atoms with E-state index in [1.54, 1.807) is 0 Å². The average molecular weight is 791 g/mol. The first-order valence-corrected chi connectivity index (χ1v) is 21.3. The Morgan fingerprint density at radius 3 is 1.70 bits per heavy atom. The number of para-hydroxylation sites is 3. The zero-order valence-electron chi connectivity index (χ0n) is 35.1. The normalized spacial score (nSPS) is 12.3. The molecule has 4 heterocycles. The van der Waals surface area contributed by atoms with Crippen LogP contribution in [0.4, 0.5) is 0 Å². The van der Waals surface area contributed by atoms with Crippen LogP contribution in [0.5, 0.6) is 0 Å². The maximum absolute atomic E-state index is 5.20. The Bertz CT molecular complexity index is 3370. The lowest BCUT2D eigenvalue weighted by Crippen LogP contribution is -2.31. The van der Waals surface area contributed by atoms with Gasteiger partial charge in [0.15, 0.2) is 5.65 Å². The second kappa shape index (κ2) is 14.2. The summed E-state index contributed by atoms with van der Waals surface area (Å²) in [5.74, 6) is 2.27. The number of rotatable bonds is 8. The quantitative estimate of drug-likeness (QED) is 0.114. The largest absolute Gasteiger partial charge is 0.285 e. The van der Waals surface area contributed by atoms with Crippen LogP contribution in [0.1, 0.15) is 78.7 Å². The lowest BCUT2D eigenvalue weighted by Gasteiger charge is -2.37. The van der Waals surface area contributed by atoms with Gasteiger partial charge in [0.1, 0.15) is 5.82 Å². The van der Waals surface area contributed by atoms with E-state index in [2.05, 4.69) is 207 Å². The summed E-state index contributed by atoms with van der Waals surface area (Å²) in [6.07, 6.45) is 4.09. The molecule has 6 nitrogen and oxygen atoms in total. The molecule has 0 saturated heterocycles. The Morgan fingerprint density at radius 2 is 1.05 bits per heavy atom. The molecule has 11 aromatic rings. The number of fused-ring (bicyclic) bond motifs is 9. The molecule has 0 spiro atoms. The second-order valence-corrected chi connectivity index (χ2v) is 16.9. The summed E-state index contributed by atoms with van der Waals surface area (Å²) in [6.45, 7) is 11.1. The summed E-state index contributed by atoms with van der Waals surface area (Å²) in [5.41, 5.74) is 11.8. The summed E-state index contributed by atoms with van der Waals surface area (Å²) in [4.78, 5) is 10.2. The Balaban J connectivity index is 1.26. The first kappa shape index (κ1) is 36.7. The third-order valence-electron chi connectivity index (χ3n) is 12.8. The highest BCUT2D eigenvalue weighted by atomic mass is 15.3. The van der Waals surface area contributed by atoms with E-state index < -0.39 is 5.41 Å². The van der Waals surface area contributed by atoms with E-state index in [1.165, 1.54) is 38.7 Å². The van der Waals surface area contributed by atoms with Gasteiger partial charge in [0, 0.05) is 33.9 Å². The highest BCUT2D eigenvalue weighted by Crippen LogP contribution is 2.48. The van der Waals surface area contributed by atoms with Gasteiger partial charge in [-0.3, -0.25) is 9.13 Å². The highest BCUT2D eigenvalue weighted by Gasteiger charge is 2.39. The molecule has 7 aromatic carbocycles. The van der Waals surface area contributed by atoms with Gasteiger partial charge >= 0.3 is 0 Å². The molecule has 6 heteroatoms. The van der Waals surface area contributed by atoms with E-state index in [1.807, 2.05) is 17.6 Å². The van der Waals surface area contributed by atoms with E-state index in [4.69, 9.17) is 15.1 Å². The monoisotopic (exact) mass is 790 g/mol. The standard InChI is InChI=1S/C55H46N6/c1-35(2)42-23-16-24-43(36(3)4)52(42)59-32-31-56-54(59)60-49-25-14-12-22-46(49)47-30-28-41(34-51(47)60)55(38-17-8-6-9-18-38,39-19-10-7-11-20-39)40-27-29-44-45-21-13-15-26-50(45)61-53(48(44)33-40)57-37(5)58-61/h6-36H,1-5H3. The molecule has 0 aliphatic heterocycles. The molecule has 0 saturated carbocycles. The maximum atomic E-state index is 5.20. The number of benzene rings is 7. The van der Waals surface area contributed by atoms with Crippen LogP contribution in [-0.4, -0.2) is 28.7 Å². The zero-order chi connectivity index (χ0) is 41.4. The van der Waals surface area contributed by atoms with Crippen LogP contribution in [0.15, 0.2) is 176 Å². The number of nitrogens with zero attached hydrogens (tertiary/aromatic N) is 6. The average Bonchev–Trinajstić information content (AvgIpc) is 4.02. The number of pyridine rings is 1. The molecule has 0 aliphatic rings. The van der Waals surface area contributed by atoms with Gasteiger partial charge in [0.05, 0.1) is 27.7 Å². The van der Waals surface area contributed by atoms with Crippen molar-refractivity contribution >= 4 is 49.1 Å². The van der Waals surface area contributed by atoms with Gasteiger partial charge in [-0.2, -0.15) is 5.10 Å². The summed E-state index contributed by atoms with van der Waals surface area (Å²) in [5, 5.41) is 10.6. The SMILES string of the molecule is Cc1nc2c3cc(C(c4ccccc4)(c4ccccc4)c4ccc5c6ccccc6n(-c6nccn6-c6c(C(C)C)cccc6C(C)C)c5c4)ccc3c3ccccc3n2n1. The first-order valence-electron chi connectivity index (χ1n) is 21.3. The van der Waals surface area contributed by atoms with Crippen molar-refractivity contribution in [1.82, 2.24) is 28.7 Å². The van der Waals surface area contributed by atoms with Crippen molar-refractivity contribution in [2.75, 3.05) is 0 Å². The van der Waals surface area contributed by atoms with Crippen molar-refractivity contribution < 1.29 is 0 Å². The molecule has 0 amide bonds. The van der Waals surface area contributed by atoms with Gasteiger partial charge in [0.25, 0.3) is 0 Å². The van der Waals surface area contributed by atoms with Gasteiger partial charge in [-0.1, -0.05) is 167 Å². The minimum Gasteiger partial charge on any atom is -0.285 e. The van der Waals surface area contributed by atoms with Gasteiger partial charge in [-0.05, 0) is 81.8 Å². The smallest absolute Gasteiger partial charge is 0.219 e. The predicted molar refractivity (Wildman–Crippen MR) is 251 cm³/mol. The van der Waals surface area contributed by atoms with Gasteiger partial charge in [-0.25, -0.2) is 14.5 Å². The Morgan fingerprint density at radius 1 is 0.492 bits per heavy atom. The highest BCUT2D eigenvalue weighted by molar-refractivity contribution is 6.12. The maximum Gasteiger partial charge on any atom is 0.219 e. The fourth-order valence-corrected chi connectivity index (χ4v) is 10.1. The van der Waals surface area contributed by atoms with Gasteiger partial charge in [0.2, 0.25) is 5.95 Å². The molecule has 0 bridgehead atoms. The minimum absolute atomic E-state index is 0.328. The molecule has 0 N–H and O–H groups in total. The predicted octanol–water partition coefficient (Wildman–Crippen LogP) is 13.3. The van der Waals surface area contributed by atoms with Crippen molar-refractivity contribution in [3.05, 3.63) is 215 Å². The topological polar surface area (TPSA) is 52.9 Å². The van der Waals surface area contributed by atoms with Crippen molar-refractivity contribution in [2.24, 2.45) is 0 Å². The van der Waals surface area contributed by atoms with E-state index in [9.17, 15) is 0 Å². The summed E-state index contributed by atoms with van der Waals surface area (Å²) >= 11 is 0. The summed E-state index contributed by atoms with van der Waals surface area (Å²) in [7, 11) is 0. The Labute approximate surface area is 355 Å². The lowest BCUT2D eigenvalue weighted by atomic mass is 9.65. The van der Waals surface area contributed by atoms with E-state index in [0.29, 0.717) is 11.8 Å². The van der Waals surface area contributed by atoms with Crippen LogP contribution < -0.4 is 0 Å². The van der Waals surface area contributed by atoms with Crippen LogP contribution in [-0.2, 0) is 5.41 Å². The van der Waals surface area contributed by atoms with Crippen LogP contribution in [0.25, 0.3) is 60.8 Å². The number of aryl methyl sites for hydroxylation is 1. The minimum atomic E-state index is -0.728. The van der Waals surface area contributed by atoms with Gasteiger partial charge < -0.3 is 0 Å². The molecule has 11 rings (SSSR count). The molecule has 0 aliphatic carbocycles. The lowest BCUT2D eigenvalue weighted by molar-refractivity contribution is 0.747. The second-order valence-electron chi connectivity index (χ2n) is 16.9. The number of aromatic nitrogens is 6. The number of imidazole rings is 1. The summed E-state index contributed by atoms with van der Waals surface area (Å²) in [6, 6.07) is 60.0. The molecule has 296 valence electrons.